The highest BCUT2D eigenvalue weighted by atomic mass is 16.2. The quantitative estimate of drug-likeness (QED) is 0.530. The first-order valence-corrected chi connectivity index (χ1v) is 4.12. The predicted molar refractivity (Wildman–Crippen MR) is 43.6 cm³/mol. The van der Waals surface area contributed by atoms with Crippen molar-refractivity contribution in [3.8, 4) is 0 Å². The molecule has 1 atom stereocenters. The molecule has 0 aromatic carbocycles. The van der Waals surface area contributed by atoms with E-state index in [0.717, 1.165) is 0 Å². The zero-order valence-electron chi connectivity index (χ0n) is 7.22. The van der Waals surface area contributed by atoms with Gasteiger partial charge in [0.25, 0.3) is 5.91 Å². The van der Waals surface area contributed by atoms with Gasteiger partial charge in [-0.3, -0.25) is 14.4 Å². The molecule has 1 saturated heterocycles. The number of hydrogen-bond donors (Lipinski definition) is 1. The van der Waals surface area contributed by atoms with Crippen LogP contribution < -0.4 is 5.32 Å². The first kappa shape index (κ1) is 8.16. The van der Waals surface area contributed by atoms with Crippen LogP contribution in [0.15, 0.2) is 11.8 Å². The number of allylic oxidation sites excluding steroid dienone is 2. The summed E-state index contributed by atoms with van der Waals surface area (Å²) in [5.41, 5.74) is -0.297. The predicted octanol–water partition coefficient (Wildman–Crippen LogP) is -0.0616. The summed E-state index contributed by atoms with van der Waals surface area (Å²) < 4.78 is 0. The van der Waals surface area contributed by atoms with Gasteiger partial charge in [0, 0.05) is 18.5 Å². The Hall–Kier alpha value is -1.45. The summed E-state index contributed by atoms with van der Waals surface area (Å²) in [6.07, 6.45) is 2.10. The Bertz CT molecular complexity index is 356. The Kier molecular flexibility index (Phi) is 1.43. The molecule has 2 aliphatic rings. The van der Waals surface area contributed by atoms with E-state index in [1.807, 2.05) is 0 Å². The van der Waals surface area contributed by atoms with Gasteiger partial charge in [0.2, 0.25) is 5.78 Å². The first-order valence-electron chi connectivity index (χ1n) is 4.12. The normalized spacial score (nSPS) is 32.7. The van der Waals surface area contributed by atoms with Crippen molar-refractivity contribution < 1.29 is 14.4 Å². The number of hydrogen-bond acceptors (Lipinski definition) is 3. The van der Waals surface area contributed by atoms with Crippen LogP contribution in [0.1, 0.15) is 19.8 Å². The Morgan fingerprint density at radius 3 is 2.77 bits per heavy atom. The highest BCUT2D eigenvalue weighted by Crippen LogP contribution is 2.38. The van der Waals surface area contributed by atoms with E-state index in [9.17, 15) is 14.4 Å². The molecule has 1 aliphatic carbocycles. The molecule has 2 rings (SSSR count). The summed E-state index contributed by atoms with van der Waals surface area (Å²) in [4.78, 5) is 33.6. The summed E-state index contributed by atoms with van der Waals surface area (Å²) in [5, 5.41) is 2.49. The van der Waals surface area contributed by atoms with E-state index < -0.39 is 17.1 Å². The molecule has 1 fully saturated rings. The van der Waals surface area contributed by atoms with Gasteiger partial charge in [-0.15, -0.1) is 0 Å². The van der Waals surface area contributed by atoms with Crippen molar-refractivity contribution in [3.63, 3.8) is 0 Å². The topological polar surface area (TPSA) is 63.2 Å². The summed E-state index contributed by atoms with van der Waals surface area (Å²) >= 11 is 0. The molecule has 68 valence electrons. The van der Waals surface area contributed by atoms with Crippen LogP contribution in [0.2, 0.25) is 0 Å². The number of amides is 1. The maximum Gasteiger partial charge on any atom is 0.292 e. The van der Waals surface area contributed by atoms with E-state index in [0.29, 0.717) is 12.1 Å². The average molecular weight is 179 g/mol. The van der Waals surface area contributed by atoms with Gasteiger partial charge in [-0.1, -0.05) is 6.08 Å². The van der Waals surface area contributed by atoms with Crippen molar-refractivity contribution in [1.82, 2.24) is 5.32 Å². The molecular formula is C9H9NO3. The second-order valence-corrected chi connectivity index (χ2v) is 3.65. The van der Waals surface area contributed by atoms with Crippen molar-refractivity contribution in [1.29, 1.82) is 0 Å². The van der Waals surface area contributed by atoms with Gasteiger partial charge in [-0.25, -0.2) is 0 Å². The lowest BCUT2D eigenvalue weighted by molar-refractivity contribution is -0.139. The van der Waals surface area contributed by atoms with Crippen molar-refractivity contribution in [2.75, 3.05) is 0 Å². The van der Waals surface area contributed by atoms with Gasteiger partial charge < -0.3 is 5.32 Å². The van der Waals surface area contributed by atoms with Gasteiger partial charge in [0.15, 0.2) is 0 Å². The summed E-state index contributed by atoms with van der Waals surface area (Å²) in [7, 11) is 0. The highest BCUT2D eigenvalue weighted by Gasteiger charge is 2.50. The smallest absolute Gasteiger partial charge is 0.292 e. The fourth-order valence-electron chi connectivity index (χ4n) is 1.82. The molecule has 0 bridgehead atoms. The fraction of sp³-hybridized carbons (Fsp3) is 0.444. The number of fused-ring (bicyclic) bond motifs is 1. The summed E-state index contributed by atoms with van der Waals surface area (Å²) in [6, 6.07) is 0. The van der Waals surface area contributed by atoms with E-state index in [1.165, 1.54) is 0 Å². The molecule has 0 aromatic heterocycles. The number of ketones is 2. The van der Waals surface area contributed by atoms with Crippen LogP contribution in [-0.2, 0) is 14.4 Å². The van der Waals surface area contributed by atoms with Crippen LogP contribution in [0.4, 0.5) is 0 Å². The Morgan fingerprint density at radius 2 is 2.08 bits per heavy atom. The van der Waals surface area contributed by atoms with Crippen molar-refractivity contribution >= 4 is 17.5 Å². The molecule has 1 N–H and O–H groups in total. The van der Waals surface area contributed by atoms with E-state index in [4.69, 9.17) is 0 Å². The maximum atomic E-state index is 11.4. The Morgan fingerprint density at radius 1 is 1.38 bits per heavy atom. The van der Waals surface area contributed by atoms with Gasteiger partial charge in [0.1, 0.15) is 5.78 Å². The molecule has 1 heterocycles. The molecule has 4 heteroatoms. The molecule has 1 aliphatic heterocycles. The first-order chi connectivity index (χ1) is 6.04. The number of carbonyl (C=O) groups is 3. The van der Waals surface area contributed by atoms with Crippen LogP contribution in [-0.4, -0.2) is 17.5 Å². The minimum atomic E-state index is -0.896. The maximum absolute atomic E-state index is 11.4. The van der Waals surface area contributed by atoms with Crippen molar-refractivity contribution in [3.05, 3.63) is 11.8 Å². The molecular weight excluding hydrogens is 170 g/mol. The van der Waals surface area contributed by atoms with Crippen LogP contribution in [0.5, 0.6) is 0 Å². The SMILES string of the molecule is C[C@@]12CC(=O)CC=C1NC(=O)C2=O. The van der Waals surface area contributed by atoms with Crippen LogP contribution in [0.25, 0.3) is 0 Å². The second kappa shape index (κ2) is 2.28. The van der Waals surface area contributed by atoms with Gasteiger partial charge >= 0.3 is 0 Å². The third-order valence-electron chi connectivity index (χ3n) is 2.63. The van der Waals surface area contributed by atoms with Crippen LogP contribution >= 0.6 is 0 Å². The molecule has 4 nitrogen and oxygen atoms in total. The minimum Gasteiger partial charge on any atom is -0.322 e. The number of rotatable bonds is 0. The summed E-state index contributed by atoms with van der Waals surface area (Å²) in [5.74, 6) is -1.08. The summed E-state index contributed by atoms with van der Waals surface area (Å²) in [6.45, 7) is 1.64. The zero-order chi connectivity index (χ0) is 9.64. The lowest BCUT2D eigenvalue weighted by Crippen LogP contribution is -2.31. The molecule has 1 amide bonds. The lowest BCUT2D eigenvalue weighted by atomic mass is 9.76. The zero-order valence-corrected chi connectivity index (χ0v) is 7.22. The van der Waals surface area contributed by atoms with Crippen molar-refractivity contribution in [2.24, 2.45) is 5.41 Å². The third kappa shape index (κ3) is 0.946. The van der Waals surface area contributed by atoms with E-state index in [-0.39, 0.29) is 12.2 Å². The highest BCUT2D eigenvalue weighted by molar-refractivity contribution is 6.42. The minimum absolute atomic E-state index is 0.0103. The van der Waals surface area contributed by atoms with E-state index in [2.05, 4.69) is 5.32 Å². The van der Waals surface area contributed by atoms with Crippen molar-refractivity contribution in [2.45, 2.75) is 19.8 Å². The molecule has 0 saturated carbocycles. The average Bonchev–Trinajstić information content (AvgIpc) is 2.27. The molecule has 0 radical (unpaired) electrons. The largest absolute Gasteiger partial charge is 0.322 e. The fourth-order valence-corrected chi connectivity index (χ4v) is 1.82. The number of carbonyl (C=O) groups excluding carboxylic acids is 3. The standard InChI is InChI=1S/C9H9NO3/c1-9-4-5(11)2-3-6(9)10-8(13)7(9)12/h3H,2,4H2,1H3,(H,10,13)/t9-/m1/s1. The second-order valence-electron chi connectivity index (χ2n) is 3.65. The number of nitrogens with one attached hydrogen (secondary N) is 1. The third-order valence-corrected chi connectivity index (χ3v) is 2.63. The molecule has 13 heavy (non-hydrogen) atoms. The molecule has 0 spiro atoms. The van der Waals surface area contributed by atoms with Gasteiger partial charge in [-0.05, 0) is 6.92 Å². The van der Waals surface area contributed by atoms with Crippen LogP contribution in [0, 0.1) is 5.41 Å². The lowest BCUT2D eigenvalue weighted by Gasteiger charge is -2.24. The monoisotopic (exact) mass is 179 g/mol. The molecule has 0 unspecified atom stereocenters. The van der Waals surface area contributed by atoms with E-state index in [1.54, 1.807) is 13.0 Å². The number of Topliss-reactive ketones (excluding diaryl/α,β-unsaturated/α-hetero) is 2. The molecule has 0 aromatic rings. The Labute approximate surface area is 75.0 Å². The van der Waals surface area contributed by atoms with Crippen LogP contribution in [0.3, 0.4) is 0 Å². The van der Waals surface area contributed by atoms with E-state index >= 15 is 0 Å². The van der Waals surface area contributed by atoms with Gasteiger partial charge in [0.05, 0.1) is 5.41 Å². The Balaban J connectivity index is 2.49. The van der Waals surface area contributed by atoms with Gasteiger partial charge in [-0.2, -0.15) is 0 Å².